The molecule has 0 aliphatic heterocycles. The number of amides is 1. The number of aryl methyl sites for hydroxylation is 2. The summed E-state index contributed by atoms with van der Waals surface area (Å²) in [4.78, 5) is 12.6. The number of halogens is 1. The molecule has 0 aliphatic rings. The number of sulfonamides is 1. The van der Waals surface area contributed by atoms with Crippen LogP contribution in [0.4, 0.5) is 10.1 Å². The molecule has 2 rings (SSSR count). The van der Waals surface area contributed by atoms with E-state index in [0.717, 1.165) is 0 Å². The number of carbonyl (C=O) groups excluding carboxylic acids is 1. The maximum atomic E-state index is 13.2. The van der Waals surface area contributed by atoms with Crippen molar-refractivity contribution in [3.63, 3.8) is 0 Å². The standard InChI is InChI=1S/C19H23FN2O3S/c1-12-6-8-15(26(24,25)22-19(3,4)5)11-16(12)18(23)21-17-9-7-14(20)10-13(17)2/h6-11,22H,1-5H3,(H,21,23). The first kappa shape index (κ1) is 20.1. The minimum atomic E-state index is -3.76. The number of nitrogens with one attached hydrogen (secondary N) is 2. The lowest BCUT2D eigenvalue weighted by Gasteiger charge is -2.20. The summed E-state index contributed by atoms with van der Waals surface area (Å²) in [5, 5.41) is 2.70. The molecule has 0 atom stereocenters. The lowest BCUT2D eigenvalue weighted by Crippen LogP contribution is -2.40. The number of hydrogen-bond donors (Lipinski definition) is 2. The average molecular weight is 378 g/mol. The summed E-state index contributed by atoms with van der Waals surface area (Å²) < 4.78 is 40.8. The molecule has 0 aliphatic carbocycles. The molecule has 0 fully saturated rings. The van der Waals surface area contributed by atoms with Gasteiger partial charge in [-0.1, -0.05) is 6.07 Å². The summed E-state index contributed by atoms with van der Waals surface area (Å²) >= 11 is 0. The zero-order valence-corrected chi connectivity index (χ0v) is 16.3. The van der Waals surface area contributed by atoms with E-state index >= 15 is 0 Å². The van der Waals surface area contributed by atoms with Crippen molar-refractivity contribution in [2.24, 2.45) is 0 Å². The fraction of sp³-hybridized carbons (Fsp3) is 0.316. The monoisotopic (exact) mass is 378 g/mol. The Morgan fingerprint density at radius 2 is 1.65 bits per heavy atom. The molecule has 0 aromatic heterocycles. The number of benzene rings is 2. The third-order valence-electron chi connectivity index (χ3n) is 3.64. The fourth-order valence-corrected chi connectivity index (χ4v) is 3.88. The van der Waals surface area contributed by atoms with E-state index in [9.17, 15) is 17.6 Å². The SMILES string of the molecule is Cc1cc(F)ccc1NC(=O)c1cc(S(=O)(=O)NC(C)(C)C)ccc1C. The van der Waals surface area contributed by atoms with Crippen LogP contribution in [0.5, 0.6) is 0 Å². The summed E-state index contributed by atoms with van der Waals surface area (Å²) in [7, 11) is -3.76. The smallest absolute Gasteiger partial charge is 0.255 e. The molecule has 1 amide bonds. The van der Waals surface area contributed by atoms with Crippen molar-refractivity contribution in [3.05, 3.63) is 58.9 Å². The van der Waals surface area contributed by atoms with Crippen LogP contribution in [-0.2, 0) is 10.0 Å². The first-order valence-electron chi connectivity index (χ1n) is 8.11. The summed E-state index contributed by atoms with van der Waals surface area (Å²) in [5.41, 5.74) is 1.28. The van der Waals surface area contributed by atoms with Crippen LogP contribution in [0.3, 0.4) is 0 Å². The van der Waals surface area contributed by atoms with Gasteiger partial charge in [0.2, 0.25) is 10.0 Å². The minimum Gasteiger partial charge on any atom is -0.322 e. The van der Waals surface area contributed by atoms with Gasteiger partial charge in [0, 0.05) is 16.8 Å². The van der Waals surface area contributed by atoms with Crippen LogP contribution in [0.2, 0.25) is 0 Å². The van der Waals surface area contributed by atoms with Crippen LogP contribution in [0.15, 0.2) is 41.3 Å². The van der Waals surface area contributed by atoms with Crippen molar-refractivity contribution >= 4 is 21.6 Å². The van der Waals surface area contributed by atoms with Gasteiger partial charge < -0.3 is 5.32 Å². The van der Waals surface area contributed by atoms with Crippen molar-refractivity contribution in [1.82, 2.24) is 4.72 Å². The van der Waals surface area contributed by atoms with E-state index < -0.39 is 27.3 Å². The molecule has 0 bridgehead atoms. The van der Waals surface area contributed by atoms with Crippen LogP contribution >= 0.6 is 0 Å². The predicted octanol–water partition coefficient (Wildman–Crippen LogP) is 3.77. The Bertz CT molecular complexity index is 948. The van der Waals surface area contributed by atoms with Gasteiger partial charge in [0.05, 0.1) is 4.90 Å². The Morgan fingerprint density at radius 1 is 1.00 bits per heavy atom. The maximum Gasteiger partial charge on any atom is 0.255 e. The van der Waals surface area contributed by atoms with Gasteiger partial charge in [-0.3, -0.25) is 4.79 Å². The Balaban J connectivity index is 2.36. The van der Waals surface area contributed by atoms with Crippen molar-refractivity contribution in [1.29, 1.82) is 0 Å². The summed E-state index contributed by atoms with van der Waals surface area (Å²) in [6.07, 6.45) is 0. The van der Waals surface area contributed by atoms with Crippen LogP contribution in [0.25, 0.3) is 0 Å². The molecule has 7 heteroatoms. The predicted molar refractivity (Wildman–Crippen MR) is 100 cm³/mol. The van der Waals surface area contributed by atoms with Crippen LogP contribution in [0.1, 0.15) is 42.3 Å². The van der Waals surface area contributed by atoms with Crippen molar-refractivity contribution < 1.29 is 17.6 Å². The van der Waals surface area contributed by atoms with E-state index in [0.29, 0.717) is 16.8 Å². The molecule has 2 aromatic rings. The quantitative estimate of drug-likeness (QED) is 0.850. The first-order chi connectivity index (χ1) is 11.9. The molecular formula is C19H23FN2O3S. The molecule has 0 unspecified atom stereocenters. The largest absolute Gasteiger partial charge is 0.322 e. The second-order valence-corrected chi connectivity index (χ2v) is 8.93. The van der Waals surface area contributed by atoms with E-state index in [1.54, 1.807) is 40.7 Å². The number of rotatable bonds is 4. The van der Waals surface area contributed by atoms with Gasteiger partial charge in [-0.05, 0) is 76.1 Å². The molecule has 0 saturated carbocycles. The third-order valence-corrected chi connectivity index (χ3v) is 5.40. The molecule has 0 saturated heterocycles. The van der Waals surface area contributed by atoms with Crippen molar-refractivity contribution in [3.8, 4) is 0 Å². The van der Waals surface area contributed by atoms with Gasteiger partial charge in [-0.15, -0.1) is 0 Å². The zero-order valence-electron chi connectivity index (χ0n) is 15.5. The van der Waals surface area contributed by atoms with Crippen LogP contribution < -0.4 is 10.0 Å². The van der Waals surface area contributed by atoms with Gasteiger partial charge in [0.15, 0.2) is 0 Å². The highest BCUT2D eigenvalue weighted by Crippen LogP contribution is 2.21. The lowest BCUT2D eigenvalue weighted by molar-refractivity contribution is 0.102. The number of hydrogen-bond acceptors (Lipinski definition) is 3. The Kier molecular flexibility index (Phi) is 5.53. The molecule has 26 heavy (non-hydrogen) atoms. The lowest BCUT2D eigenvalue weighted by atomic mass is 10.1. The minimum absolute atomic E-state index is 0.0130. The topological polar surface area (TPSA) is 75.3 Å². The molecule has 2 aromatic carbocycles. The second kappa shape index (κ2) is 7.17. The van der Waals surface area contributed by atoms with E-state index in [2.05, 4.69) is 10.0 Å². The molecule has 2 N–H and O–H groups in total. The maximum absolute atomic E-state index is 13.2. The molecule has 5 nitrogen and oxygen atoms in total. The van der Waals surface area contributed by atoms with Crippen LogP contribution in [-0.4, -0.2) is 19.9 Å². The zero-order chi connectivity index (χ0) is 19.7. The first-order valence-corrected chi connectivity index (χ1v) is 9.59. The molecule has 0 spiro atoms. The number of anilines is 1. The second-order valence-electron chi connectivity index (χ2n) is 7.25. The number of carbonyl (C=O) groups is 1. The molecule has 0 radical (unpaired) electrons. The van der Waals surface area contributed by atoms with Gasteiger partial charge in [0.25, 0.3) is 5.91 Å². The Labute approximate surface area is 153 Å². The van der Waals surface area contributed by atoms with Gasteiger partial charge in [-0.25, -0.2) is 17.5 Å². The van der Waals surface area contributed by atoms with E-state index in [1.165, 1.54) is 30.3 Å². The highest BCUT2D eigenvalue weighted by atomic mass is 32.2. The molecule has 0 heterocycles. The summed E-state index contributed by atoms with van der Waals surface area (Å²) in [5.74, 6) is -0.844. The van der Waals surface area contributed by atoms with E-state index in [4.69, 9.17) is 0 Å². The Hall–Kier alpha value is -2.25. The van der Waals surface area contributed by atoms with Gasteiger partial charge in [-0.2, -0.15) is 0 Å². The van der Waals surface area contributed by atoms with E-state index in [1.807, 2.05) is 0 Å². The highest BCUT2D eigenvalue weighted by molar-refractivity contribution is 7.89. The molecule has 140 valence electrons. The van der Waals surface area contributed by atoms with Crippen molar-refractivity contribution in [2.75, 3.05) is 5.32 Å². The summed E-state index contributed by atoms with van der Waals surface area (Å²) in [6, 6.07) is 8.43. The highest BCUT2D eigenvalue weighted by Gasteiger charge is 2.23. The normalized spacial score (nSPS) is 12.1. The van der Waals surface area contributed by atoms with Gasteiger partial charge in [0.1, 0.15) is 5.82 Å². The van der Waals surface area contributed by atoms with Gasteiger partial charge >= 0.3 is 0 Å². The third kappa shape index (κ3) is 4.89. The fourth-order valence-electron chi connectivity index (χ4n) is 2.43. The summed E-state index contributed by atoms with van der Waals surface area (Å²) in [6.45, 7) is 8.62. The van der Waals surface area contributed by atoms with E-state index in [-0.39, 0.29) is 10.5 Å². The molecular weight excluding hydrogens is 355 g/mol. The Morgan fingerprint density at radius 3 is 2.23 bits per heavy atom. The van der Waals surface area contributed by atoms with Crippen LogP contribution in [0, 0.1) is 19.7 Å². The van der Waals surface area contributed by atoms with Crippen molar-refractivity contribution in [2.45, 2.75) is 45.1 Å². The average Bonchev–Trinajstić information content (AvgIpc) is 2.47.